The maximum atomic E-state index is 13.0. The van der Waals surface area contributed by atoms with Crippen LogP contribution in [0.3, 0.4) is 0 Å². The van der Waals surface area contributed by atoms with Gasteiger partial charge in [0.05, 0.1) is 0 Å². The predicted molar refractivity (Wildman–Crippen MR) is 105 cm³/mol. The highest BCUT2D eigenvalue weighted by molar-refractivity contribution is 5.98. The number of nitrogens with one attached hydrogen (secondary N) is 1. The predicted octanol–water partition coefficient (Wildman–Crippen LogP) is 3.80. The molecule has 1 aromatic heterocycles. The molecule has 0 bridgehead atoms. The van der Waals surface area contributed by atoms with Crippen LogP contribution in [0.15, 0.2) is 48.7 Å². The Morgan fingerprint density at radius 2 is 1.85 bits per heavy atom. The van der Waals surface area contributed by atoms with Gasteiger partial charge >= 0.3 is 0 Å². The number of rotatable bonds is 6. The van der Waals surface area contributed by atoms with Crippen molar-refractivity contribution >= 4 is 11.8 Å². The molecule has 0 radical (unpaired) electrons. The second kappa shape index (κ2) is 8.80. The molecule has 0 unspecified atom stereocenters. The van der Waals surface area contributed by atoms with Gasteiger partial charge in [-0.3, -0.25) is 14.6 Å². The average molecular weight is 365 g/mol. The first-order valence-electron chi connectivity index (χ1n) is 9.66. The van der Waals surface area contributed by atoms with Gasteiger partial charge in [0.25, 0.3) is 11.8 Å². The van der Waals surface area contributed by atoms with Crippen LogP contribution in [0, 0.1) is 0 Å². The summed E-state index contributed by atoms with van der Waals surface area (Å²) >= 11 is 0. The summed E-state index contributed by atoms with van der Waals surface area (Å²) in [6, 6.07) is 13.4. The molecule has 1 heterocycles. The summed E-state index contributed by atoms with van der Waals surface area (Å²) in [5.74, 6) is -0.290. The van der Waals surface area contributed by atoms with Gasteiger partial charge in [0.2, 0.25) is 0 Å². The van der Waals surface area contributed by atoms with Crippen LogP contribution in [-0.2, 0) is 6.54 Å². The van der Waals surface area contributed by atoms with Crippen molar-refractivity contribution in [2.75, 3.05) is 0 Å². The number of amides is 2. The highest BCUT2D eigenvalue weighted by atomic mass is 16.2. The lowest BCUT2D eigenvalue weighted by atomic mass is 10.1. The van der Waals surface area contributed by atoms with Crippen molar-refractivity contribution in [1.29, 1.82) is 0 Å². The van der Waals surface area contributed by atoms with E-state index < -0.39 is 0 Å². The molecule has 0 saturated heterocycles. The fourth-order valence-corrected chi connectivity index (χ4v) is 3.44. The Morgan fingerprint density at radius 3 is 2.52 bits per heavy atom. The van der Waals surface area contributed by atoms with Gasteiger partial charge in [-0.1, -0.05) is 43.2 Å². The second-order valence-corrected chi connectivity index (χ2v) is 7.40. The molecule has 3 rings (SSSR count). The summed E-state index contributed by atoms with van der Waals surface area (Å²) in [6.07, 6.45) is 5.92. The first-order chi connectivity index (χ1) is 13.0. The minimum atomic E-state index is -0.163. The summed E-state index contributed by atoms with van der Waals surface area (Å²) < 4.78 is 0. The van der Waals surface area contributed by atoms with Crippen LogP contribution in [0.1, 0.15) is 65.9 Å². The van der Waals surface area contributed by atoms with Gasteiger partial charge in [-0.05, 0) is 44.4 Å². The highest BCUT2D eigenvalue weighted by Crippen LogP contribution is 2.18. The number of carbonyl (C=O) groups is 2. The number of carbonyl (C=O) groups excluding carboxylic acids is 2. The van der Waals surface area contributed by atoms with Gasteiger partial charge < -0.3 is 10.2 Å². The van der Waals surface area contributed by atoms with E-state index in [1.165, 1.54) is 6.20 Å². The lowest BCUT2D eigenvalue weighted by Crippen LogP contribution is -2.37. The Hall–Kier alpha value is -2.69. The van der Waals surface area contributed by atoms with E-state index in [4.69, 9.17) is 0 Å². The standard InChI is InChI=1S/C22H27N3O2/c1-16(2)25(15-17-8-4-3-5-9-17)22(27)20-14-18(12-13-23-20)21(26)24-19-10-6-7-11-19/h3-5,8-9,12-14,16,19H,6-7,10-11,15H2,1-2H3,(H,24,26). The van der Waals surface area contributed by atoms with Gasteiger partial charge in [-0.15, -0.1) is 0 Å². The molecule has 0 atom stereocenters. The van der Waals surface area contributed by atoms with E-state index in [1.54, 1.807) is 17.0 Å². The number of hydrogen-bond donors (Lipinski definition) is 1. The van der Waals surface area contributed by atoms with Crippen LogP contribution in [-0.4, -0.2) is 33.8 Å². The zero-order chi connectivity index (χ0) is 19.2. The van der Waals surface area contributed by atoms with Crippen molar-refractivity contribution in [3.63, 3.8) is 0 Å². The quantitative estimate of drug-likeness (QED) is 0.847. The Morgan fingerprint density at radius 1 is 1.15 bits per heavy atom. The zero-order valence-corrected chi connectivity index (χ0v) is 16.0. The molecule has 0 spiro atoms. The lowest BCUT2D eigenvalue weighted by molar-refractivity contribution is 0.0684. The highest BCUT2D eigenvalue weighted by Gasteiger charge is 2.22. The van der Waals surface area contributed by atoms with Crippen molar-refractivity contribution in [3.05, 3.63) is 65.5 Å². The molecule has 2 amide bonds. The Kier molecular flexibility index (Phi) is 6.22. The van der Waals surface area contributed by atoms with Gasteiger partial charge in [-0.25, -0.2) is 0 Å². The van der Waals surface area contributed by atoms with E-state index in [9.17, 15) is 9.59 Å². The van der Waals surface area contributed by atoms with Crippen LogP contribution in [0.25, 0.3) is 0 Å². The topological polar surface area (TPSA) is 62.3 Å². The maximum Gasteiger partial charge on any atom is 0.272 e. The largest absolute Gasteiger partial charge is 0.349 e. The summed E-state index contributed by atoms with van der Waals surface area (Å²) in [7, 11) is 0. The zero-order valence-electron chi connectivity index (χ0n) is 16.0. The Bertz CT molecular complexity index is 783. The molecule has 5 nitrogen and oxygen atoms in total. The summed E-state index contributed by atoms with van der Waals surface area (Å²) in [5.41, 5.74) is 1.86. The van der Waals surface area contributed by atoms with E-state index in [1.807, 2.05) is 44.2 Å². The monoisotopic (exact) mass is 365 g/mol. The van der Waals surface area contributed by atoms with Crippen LogP contribution >= 0.6 is 0 Å². The van der Waals surface area contributed by atoms with Crippen molar-refractivity contribution < 1.29 is 9.59 Å². The number of pyridine rings is 1. The van der Waals surface area contributed by atoms with Gasteiger partial charge in [-0.2, -0.15) is 0 Å². The molecular weight excluding hydrogens is 338 g/mol. The molecule has 1 N–H and O–H groups in total. The molecule has 142 valence electrons. The molecule has 1 aliphatic carbocycles. The smallest absolute Gasteiger partial charge is 0.272 e. The molecular formula is C22H27N3O2. The molecule has 1 saturated carbocycles. The average Bonchev–Trinajstić information content (AvgIpc) is 3.19. The molecule has 2 aromatic rings. The van der Waals surface area contributed by atoms with Crippen LogP contribution in [0.2, 0.25) is 0 Å². The third-order valence-electron chi connectivity index (χ3n) is 5.01. The van der Waals surface area contributed by atoms with Gasteiger partial charge in [0.1, 0.15) is 5.69 Å². The number of benzene rings is 1. The first kappa shape index (κ1) is 19.1. The molecule has 1 aliphatic rings. The normalized spacial score (nSPS) is 14.3. The van der Waals surface area contributed by atoms with E-state index >= 15 is 0 Å². The minimum Gasteiger partial charge on any atom is -0.349 e. The lowest BCUT2D eigenvalue weighted by Gasteiger charge is -2.26. The Balaban J connectivity index is 1.75. The third kappa shape index (κ3) is 4.94. The van der Waals surface area contributed by atoms with E-state index in [0.717, 1.165) is 31.2 Å². The van der Waals surface area contributed by atoms with E-state index in [-0.39, 0.29) is 23.9 Å². The second-order valence-electron chi connectivity index (χ2n) is 7.40. The molecule has 0 aliphatic heterocycles. The fourth-order valence-electron chi connectivity index (χ4n) is 3.44. The molecule has 5 heteroatoms. The third-order valence-corrected chi connectivity index (χ3v) is 5.01. The van der Waals surface area contributed by atoms with Crippen molar-refractivity contribution in [2.24, 2.45) is 0 Å². The van der Waals surface area contributed by atoms with Crippen LogP contribution in [0.5, 0.6) is 0 Å². The van der Waals surface area contributed by atoms with Crippen LogP contribution < -0.4 is 5.32 Å². The molecule has 1 fully saturated rings. The van der Waals surface area contributed by atoms with Crippen molar-refractivity contribution in [1.82, 2.24) is 15.2 Å². The van der Waals surface area contributed by atoms with E-state index in [2.05, 4.69) is 10.3 Å². The van der Waals surface area contributed by atoms with E-state index in [0.29, 0.717) is 17.8 Å². The van der Waals surface area contributed by atoms with Crippen molar-refractivity contribution in [2.45, 2.75) is 58.2 Å². The molecule has 27 heavy (non-hydrogen) atoms. The van der Waals surface area contributed by atoms with Gasteiger partial charge in [0.15, 0.2) is 0 Å². The fraction of sp³-hybridized carbons (Fsp3) is 0.409. The number of aromatic nitrogens is 1. The van der Waals surface area contributed by atoms with Crippen LogP contribution in [0.4, 0.5) is 0 Å². The summed E-state index contributed by atoms with van der Waals surface area (Å²) in [5, 5.41) is 3.06. The minimum absolute atomic E-state index is 0.0236. The van der Waals surface area contributed by atoms with Crippen molar-refractivity contribution in [3.8, 4) is 0 Å². The summed E-state index contributed by atoms with van der Waals surface area (Å²) in [6.45, 7) is 4.48. The Labute approximate surface area is 160 Å². The summed E-state index contributed by atoms with van der Waals surface area (Å²) in [4.78, 5) is 31.5. The molecule has 1 aromatic carbocycles. The number of hydrogen-bond acceptors (Lipinski definition) is 3. The SMILES string of the molecule is CC(C)N(Cc1ccccc1)C(=O)c1cc(C(=O)NC2CCCC2)ccn1. The number of nitrogens with zero attached hydrogens (tertiary/aromatic N) is 2. The maximum absolute atomic E-state index is 13.0. The van der Waals surface area contributed by atoms with Gasteiger partial charge in [0, 0.05) is 30.4 Å². The first-order valence-corrected chi connectivity index (χ1v) is 9.66.